The zero-order valence-electron chi connectivity index (χ0n) is 6.91. The van der Waals surface area contributed by atoms with Gasteiger partial charge in [0.25, 0.3) is 0 Å². The number of rotatable bonds is 0. The monoisotopic (exact) mass is 209 g/mol. The molecule has 0 aliphatic carbocycles. The summed E-state index contributed by atoms with van der Waals surface area (Å²) in [4.78, 5) is 4.22. The maximum Gasteiger partial charge on any atom is 0.0952 e. The highest BCUT2D eigenvalue weighted by molar-refractivity contribution is 5.85. The first kappa shape index (κ1) is 11.8. The fourth-order valence-corrected chi connectivity index (χ4v) is 1.34. The van der Waals surface area contributed by atoms with Crippen LogP contribution in [0.2, 0.25) is 0 Å². The minimum Gasteiger partial charge on any atom is -0.332 e. The van der Waals surface area contributed by atoms with Gasteiger partial charge in [-0.25, -0.2) is 4.98 Å². The van der Waals surface area contributed by atoms with Crippen LogP contribution in [0.15, 0.2) is 6.33 Å². The second kappa shape index (κ2) is 4.70. The van der Waals surface area contributed by atoms with Crippen LogP contribution in [0.25, 0.3) is 0 Å². The lowest BCUT2D eigenvalue weighted by molar-refractivity contribution is 0.514. The number of fused-ring (bicyclic) bond motifs is 1. The maximum absolute atomic E-state index is 4.22. The number of aromatic nitrogens is 2. The van der Waals surface area contributed by atoms with Gasteiger partial charge >= 0.3 is 0 Å². The van der Waals surface area contributed by atoms with E-state index in [1.165, 1.54) is 5.69 Å². The van der Waals surface area contributed by atoms with E-state index in [-0.39, 0.29) is 24.8 Å². The fourth-order valence-electron chi connectivity index (χ4n) is 1.34. The molecule has 0 bridgehead atoms. The largest absolute Gasteiger partial charge is 0.332 e. The van der Waals surface area contributed by atoms with E-state index in [4.69, 9.17) is 0 Å². The number of imidazole rings is 1. The lowest BCUT2D eigenvalue weighted by Gasteiger charge is -2.15. The van der Waals surface area contributed by atoms with E-state index in [2.05, 4.69) is 21.8 Å². The van der Waals surface area contributed by atoms with Crippen molar-refractivity contribution in [1.29, 1.82) is 0 Å². The summed E-state index contributed by atoms with van der Waals surface area (Å²) in [5.41, 5.74) is 2.50. The Hall–Kier alpha value is -0.250. The van der Waals surface area contributed by atoms with E-state index in [0.29, 0.717) is 0 Å². The Labute approximate surface area is 84.4 Å². The van der Waals surface area contributed by atoms with E-state index >= 15 is 0 Å². The summed E-state index contributed by atoms with van der Waals surface area (Å²) in [6.45, 7) is 5.17. The van der Waals surface area contributed by atoms with Crippen LogP contribution in [0.1, 0.15) is 11.4 Å². The summed E-state index contributed by atoms with van der Waals surface area (Å²) in [5, 5.41) is 3.31. The highest BCUT2D eigenvalue weighted by atomic mass is 35.5. The van der Waals surface area contributed by atoms with E-state index in [0.717, 1.165) is 25.3 Å². The highest BCUT2D eigenvalue weighted by Gasteiger charge is 2.09. The van der Waals surface area contributed by atoms with Crippen molar-refractivity contribution >= 4 is 24.8 Å². The SMILES string of the molecule is Cc1ncn2c1CNCC2.Cl.Cl. The minimum absolute atomic E-state index is 0. The summed E-state index contributed by atoms with van der Waals surface area (Å²) in [7, 11) is 0. The average molecular weight is 210 g/mol. The van der Waals surface area contributed by atoms with Crippen LogP contribution in [0.5, 0.6) is 0 Å². The zero-order valence-corrected chi connectivity index (χ0v) is 8.54. The molecule has 1 N–H and O–H groups in total. The summed E-state index contributed by atoms with van der Waals surface area (Å²) >= 11 is 0. The molecule has 12 heavy (non-hydrogen) atoms. The molecule has 0 radical (unpaired) electrons. The molecular formula is C7H13Cl2N3. The van der Waals surface area contributed by atoms with Gasteiger partial charge in [0.1, 0.15) is 0 Å². The molecule has 1 aliphatic heterocycles. The Morgan fingerprint density at radius 1 is 1.50 bits per heavy atom. The van der Waals surface area contributed by atoms with Gasteiger partial charge in [0.05, 0.1) is 17.7 Å². The lowest BCUT2D eigenvalue weighted by atomic mass is 10.3. The summed E-state index contributed by atoms with van der Waals surface area (Å²) in [5.74, 6) is 0. The first-order valence-electron chi connectivity index (χ1n) is 3.59. The second-order valence-electron chi connectivity index (χ2n) is 2.65. The van der Waals surface area contributed by atoms with Crippen molar-refractivity contribution in [3.8, 4) is 0 Å². The van der Waals surface area contributed by atoms with Crippen LogP contribution in [0.3, 0.4) is 0 Å². The van der Waals surface area contributed by atoms with Crippen LogP contribution >= 0.6 is 24.8 Å². The first-order valence-corrected chi connectivity index (χ1v) is 3.59. The smallest absolute Gasteiger partial charge is 0.0952 e. The van der Waals surface area contributed by atoms with Crippen molar-refractivity contribution in [2.75, 3.05) is 6.54 Å². The van der Waals surface area contributed by atoms with Gasteiger partial charge in [0.2, 0.25) is 0 Å². The molecule has 1 aromatic rings. The molecule has 0 aromatic carbocycles. The van der Waals surface area contributed by atoms with Gasteiger partial charge in [0, 0.05) is 19.6 Å². The predicted molar refractivity (Wildman–Crippen MR) is 53.2 cm³/mol. The predicted octanol–water partition coefficient (Wildman–Crippen LogP) is 1.14. The van der Waals surface area contributed by atoms with Gasteiger partial charge in [-0.05, 0) is 6.92 Å². The third kappa shape index (κ3) is 1.91. The van der Waals surface area contributed by atoms with E-state index in [1.54, 1.807) is 0 Å². The summed E-state index contributed by atoms with van der Waals surface area (Å²) < 4.78 is 2.21. The Morgan fingerprint density at radius 3 is 2.92 bits per heavy atom. The Bertz CT molecular complexity index is 247. The van der Waals surface area contributed by atoms with Gasteiger partial charge < -0.3 is 9.88 Å². The number of hydrogen-bond donors (Lipinski definition) is 1. The molecule has 0 atom stereocenters. The average Bonchev–Trinajstić information content (AvgIpc) is 2.34. The Morgan fingerprint density at radius 2 is 2.25 bits per heavy atom. The molecule has 3 nitrogen and oxygen atoms in total. The molecule has 0 spiro atoms. The molecular weight excluding hydrogens is 197 g/mol. The molecule has 70 valence electrons. The first-order chi connectivity index (χ1) is 4.88. The number of halogens is 2. The maximum atomic E-state index is 4.22. The third-order valence-corrected chi connectivity index (χ3v) is 1.98. The molecule has 0 unspecified atom stereocenters. The van der Waals surface area contributed by atoms with Gasteiger partial charge in [-0.1, -0.05) is 0 Å². The van der Waals surface area contributed by atoms with Crippen LogP contribution in [-0.4, -0.2) is 16.1 Å². The van der Waals surface area contributed by atoms with Crippen LogP contribution in [-0.2, 0) is 13.1 Å². The molecule has 0 saturated heterocycles. The van der Waals surface area contributed by atoms with Crippen molar-refractivity contribution in [1.82, 2.24) is 14.9 Å². The molecule has 5 heteroatoms. The van der Waals surface area contributed by atoms with Crippen LogP contribution in [0.4, 0.5) is 0 Å². The molecule has 0 fully saturated rings. The highest BCUT2D eigenvalue weighted by Crippen LogP contribution is 2.08. The van der Waals surface area contributed by atoms with E-state index in [1.807, 2.05) is 6.33 Å². The van der Waals surface area contributed by atoms with Gasteiger partial charge in [0.15, 0.2) is 0 Å². The number of hydrogen-bond acceptors (Lipinski definition) is 2. The van der Waals surface area contributed by atoms with E-state index < -0.39 is 0 Å². The quantitative estimate of drug-likeness (QED) is 0.695. The second-order valence-corrected chi connectivity index (χ2v) is 2.65. The molecule has 2 rings (SSSR count). The number of aryl methyl sites for hydroxylation is 1. The summed E-state index contributed by atoms with van der Waals surface area (Å²) in [6.07, 6.45) is 1.92. The normalized spacial score (nSPS) is 14.1. The molecule has 0 amide bonds. The van der Waals surface area contributed by atoms with Crippen molar-refractivity contribution in [2.24, 2.45) is 0 Å². The Balaban J connectivity index is 0.000000605. The van der Waals surface area contributed by atoms with Crippen molar-refractivity contribution < 1.29 is 0 Å². The topological polar surface area (TPSA) is 29.9 Å². The van der Waals surface area contributed by atoms with Gasteiger partial charge in [-0.3, -0.25) is 0 Å². The lowest BCUT2D eigenvalue weighted by Crippen LogP contribution is -2.27. The van der Waals surface area contributed by atoms with Crippen molar-refractivity contribution in [3.05, 3.63) is 17.7 Å². The Kier molecular flexibility index (Phi) is 4.60. The fraction of sp³-hybridized carbons (Fsp3) is 0.571. The summed E-state index contributed by atoms with van der Waals surface area (Å²) in [6, 6.07) is 0. The van der Waals surface area contributed by atoms with Gasteiger partial charge in [-0.15, -0.1) is 24.8 Å². The molecule has 2 heterocycles. The van der Waals surface area contributed by atoms with E-state index in [9.17, 15) is 0 Å². The molecule has 1 aliphatic rings. The minimum atomic E-state index is 0. The number of nitrogens with zero attached hydrogens (tertiary/aromatic N) is 2. The van der Waals surface area contributed by atoms with Crippen molar-refractivity contribution in [2.45, 2.75) is 20.0 Å². The zero-order chi connectivity index (χ0) is 6.97. The van der Waals surface area contributed by atoms with Gasteiger partial charge in [-0.2, -0.15) is 0 Å². The number of nitrogens with one attached hydrogen (secondary N) is 1. The van der Waals surface area contributed by atoms with Crippen LogP contribution < -0.4 is 5.32 Å². The van der Waals surface area contributed by atoms with Crippen molar-refractivity contribution in [3.63, 3.8) is 0 Å². The molecule has 1 aromatic heterocycles. The van der Waals surface area contributed by atoms with Crippen LogP contribution in [0, 0.1) is 6.92 Å². The third-order valence-electron chi connectivity index (χ3n) is 1.98. The molecule has 0 saturated carbocycles. The standard InChI is InChI=1S/C7H11N3.2ClH/c1-6-7-4-8-2-3-10(7)5-9-6;;/h5,8H,2-4H2,1H3;2*1H.